The number of rotatable bonds is 3. The van der Waals surface area contributed by atoms with Gasteiger partial charge in [0.2, 0.25) is 0 Å². The third-order valence-electron chi connectivity index (χ3n) is 1.50. The summed E-state index contributed by atoms with van der Waals surface area (Å²) in [6, 6.07) is 3.65. The first-order chi connectivity index (χ1) is 6.15. The van der Waals surface area contributed by atoms with E-state index in [9.17, 15) is 5.11 Å². The van der Waals surface area contributed by atoms with Crippen LogP contribution in [0, 0.1) is 0 Å². The molecule has 5 heteroatoms. The molecule has 0 aromatic heterocycles. The molecule has 3 nitrogen and oxygen atoms in total. The number of hydrogen-bond donors (Lipinski definition) is 2. The predicted octanol–water partition coefficient (Wildman–Crippen LogP) is 2.57. The van der Waals surface area contributed by atoms with Gasteiger partial charge in [-0.2, -0.15) is 5.48 Å². The van der Waals surface area contributed by atoms with Gasteiger partial charge in [-0.05, 0) is 49.6 Å². The second kappa shape index (κ2) is 4.95. The smallest absolute Gasteiger partial charge is 0.143 e. The second-order valence-electron chi connectivity index (χ2n) is 2.43. The quantitative estimate of drug-likeness (QED) is 0.843. The highest BCUT2D eigenvalue weighted by atomic mass is 79.9. The van der Waals surface area contributed by atoms with Gasteiger partial charge >= 0.3 is 0 Å². The highest BCUT2D eigenvalue weighted by Gasteiger charge is 2.05. The van der Waals surface area contributed by atoms with E-state index >= 15 is 0 Å². The molecule has 0 atom stereocenters. The van der Waals surface area contributed by atoms with Gasteiger partial charge in [-0.3, -0.25) is 0 Å². The highest BCUT2D eigenvalue weighted by molar-refractivity contribution is 9.11. The second-order valence-corrected chi connectivity index (χ2v) is 4.14. The molecular formula is C8H9Br2NO2. The summed E-state index contributed by atoms with van der Waals surface area (Å²) in [5, 5.41) is 9.41. The average molecular weight is 311 g/mol. The predicted molar refractivity (Wildman–Crippen MR) is 57.4 cm³/mol. The molecular weight excluding hydrogens is 302 g/mol. The zero-order valence-corrected chi connectivity index (χ0v) is 10.1. The number of aromatic hydroxyl groups is 1. The van der Waals surface area contributed by atoms with Crippen LogP contribution in [0.3, 0.4) is 0 Å². The van der Waals surface area contributed by atoms with Crippen LogP contribution in [0.1, 0.15) is 5.56 Å². The fraction of sp³-hybridized carbons (Fsp3) is 0.250. The third kappa shape index (κ3) is 2.95. The summed E-state index contributed by atoms with van der Waals surface area (Å²) in [5.41, 5.74) is 3.73. The Bertz CT molecular complexity index is 281. The van der Waals surface area contributed by atoms with Crippen molar-refractivity contribution in [3.05, 3.63) is 26.6 Å². The van der Waals surface area contributed by atoms with Crippen molar-refractivity contribution in [2.45, 2.75) is 6.54 Å². The number of benzene rings is 1. The summed E-state index contributed by atoms with van der Waals surface area (Å²) in [4.78, 5) is 4.71. The molecule has 0 aliphatic carbocycles. The average Bonchev–Trinajstić information content (AvgIpc) is 2.10. The van der Waals surface area contributed by atoms with Crippen molar-refractivity contribution in [2.75, 3.05) is 7.11 Å². The van der Waals surface area contributed by atoms with Gasteiger partial charge in [0.1, 0.15) is 5.75 Å². The van der Waals surface area contributed by atoms with Gasteiger partial charge in [-0.15, -0.1) is 0 Å². The maximum Gasteiger partial charge on any atom is 0.143 e. The van der Waals surface area contributed by atoms with E-state index in [4.69, 9.17) is 4.84 Å². The Balaban J connectivity index is 2.86. The number of hydroxylamine groups is 1. The molecule has 1 rings (SSSR count). The molecule has 0 heterocycles. The van der Waals surface area contributed by atoms with Crippen molar-refractivity contribution in [3.8, 4) is 5.75 Å². The largest absolute Gasteiger partial charge is 0.506 e. The summed E-state index contributed by atoms with van der Waals surface area (Å²) >= 11 is 6.48. The van der Waals surface area contributed by atoms with Crippen molar-refractivity contribution in [2.24, 2.45) is 0 Å². The fourth-order valence-corrected chi connectivity index (χ4v) is 2.16. The minimum absolute atomic E-state index is 0.209. The maximum atomic E-state index is 9.41. The summed E-state index contributed by atoms with van der Waals surface area (Å²) in [6.07, 6.45) is 0. The highest BCUT2D eigenvalue weighted by Crippen LogP contribution is 2.33. The van der Waals surface area contributed by atoms with Crippen molar-refractivity contribution in [1.29, 1.82) is 0 Å². The third-order valence-corrected chi connectivity index (χ3v) is 2.71. The number of halogens is 2. The van der Waals surface area contributed by atoms with E-state index in [-0.39, 0.29) is 5.75 Å². The van der Waals surface area contributed by atoms with E-state index in [0.717, 1.165) is 5.56 Å². The van der Waals surface area contributed by atoms with E-state index in [1.54, 1.807) is 7.11 Å². The standard InChI is InChI=1S/C8H9Br2NO2/c1-13-11-4-5-2-6(9)8(12)7(10)3-5/h2-3,11-12H,4H2,1H3. The van der Waals surface area contributed by atoms with Gasteiger partial charge in [0.15, 0.2) is 0 Å². The normalized spacial score (nSPS) is 10.4. The first-order valence-corrected chi connectivity index (χ1v) is 5.16. The minimum atomic E-state index is 0.209. The summed E-state index contributed by atoms with van der Waals surface area (Å²) < 4.78 is 1.32. The molecule has 0 aliphatic rings. The minimum Gasteiger partial charge on any atom is -0.506 e. The molecule has 0 radical (unpaired) electrons. The molecule has 0 unspecified atom stereocenters. The Morgan fingerprint density at radius 2 is 1.92 bits per heavy atom. The number of hydrogen-bond acceptors (Lipinski definition) is 3. The molecule has 72 valence electrons. The molecule has 0 saturated heterocycles. The summed E-state index contributed by atoms with van der Waals surface area (Å²) in [5.74, 6) is 0.209. The van der Waals surface area contributed by atoms with Gasteiger partial charge in [0.05, 0.1) is 16.1 Å². The van der Waals surface area contributed by atoms with E-state index in [1.165, 1.54) is 0 Å². The summed E-state index contributed by atoms with van der Waals surface area (Å²) in [6.45, 7) is 0.591. The van der Waals surface area contributed by atoms with Crippen LogP contribution in [0.15, 0.2) is 21.1 Å². The molecule has 13 heavy (non-hydrogen) atoms. The monoisotopic (exact) mass is 309 g/mol. The molecule has 0 amide bonds. The Labute approximate surface area is 93.3 Å². The lowest BCUT2D eigenvalue weighted by Crippen LogP contribution is -2.10. The molecule has 0 aliphatic heterocycles. The molecule has 0 spiro atoms. The molecule has 0 fully saturated rings. The first kappa shape index (κ1) is 11.0. The SMILES string of the molecule is CONCc1cc(Br)c(O)c(Br)c1. The fourth-order valence-electron chi connectivity index (χ4n) is 0.876. The van der Waals surface area contributed by atoms with Crippen LogP contribution in [0.25, 0.3) is 0 Å². The van der Waals surface area contributed by atoms with E-state index < -0.39 is 0 Å². The lowest BCUT2D eigenvalue weighted by Gasteiger charge is -2.05. The van der Waals surface area contributed by atoms with E-state index in [0.29, 0.717) is 15.5 Å². The number of nitrogens with one attached hydrogen (secondary N) is 1. The summed E-state index contributed by atoms with van der Waals surface area (Å²) in [7, 11) is 1.56. The van der Waals surface area contributed by atoms with Crippen molar-refractivity contribution in [1.82, 2.24) is 5.48 Å². The van der Waals surface area contributed by atoms with Crippen LogP contribution >= 0.6 is 31.9 Å². The maximum absolute atomic E-state index is 9.41. The van der Waals surface area contributed by atoms with E-state index in [1.807, 2.05) is 12.1 Å². The Morgan fingerprint density at radius 3 is 2.38 bits per heavy atom. The van der Waals surface area contributed by atoms with Crippen molar-refractivity contribution in [3.63, 3.8) is 0 Å². The zero-order chi connectivity index (χ0) is 9.84. The van der Waals surface area contributed by atoms with Gasteiger partial charge < -0.3 is 9.94 Å². The van der Waals surface area contributed by atoms with Gasteiger partial charge in [0, 0.05) is 6.54 Å². The van der Waals surface area contributed by atoms with Crippen LogP contribution in [0.5, 0.6) is 5.75 Å². The molecule has 0 bridgehead atoms. The first-order valence-electron chi connectivity index (χ1n) is 3.58. The number of phenolic OH excluding ortho intramolecular Hbond substituents is 1. The lowest BCUT2D eigenvalue weighted by molar-refractivity contribution is 0.0867. The lowest BCUT2D eigenvalue weighted by atomic mass is 10.2. The Kier molecular flexibility index (Phi) is 4.18. The molecule has 2 N–H and O–H groups in total. The zero-order valence-electron chi connectivity index (χ0n) is 6.97. The van der Waals surface area contributed by atoms with Crippen LogP contribution in [0.4, 0.5) is 0 Å². The van der Waals surface area contributed by atoms with Crippen LogP contribution < -0.4 is 5.48 Å². The molecule has 0 saturated carbocycles. The molecule has 1 aromatic carbocycles. The van der Waals surface area contributed by atoms with Gasteiger partial charge in [0.25, 0.3) is 0 Å². The van der Waals surface area contributed by atoms with E-state index in [2.05, 4.69) is 37.3 Å². The van der Waals surface area contributed by atoms with Gasteiger partial charge in [-0.25, -0.2) is 0 Å². The Morgan fingerprint density at radius 1 is 1.38 bits per heavy atom. The van der Waals surface area contributed by atoms with Crippen molar-refractivity contribution >= 4 is 31.9 Å². The number of phenols is 1. The topological polar surface area (TPSA) is 41.5 Å². The van der Waals surface area contributed by atoms with Crippen LogP contribution in [-0.2, 0) is 11.4 Å². The van der Waals surface area contributed by atoms with Crippen LogP contribution in [-0.4, -0.2) is 12.2 Å². The van der Waals surface area contributed by atoms with Crippen molar-refractivity contribution < 1.29 is 9.94 Å². The van der Waals surface area contributed by atoms with Gasteiger partial charge in [-0.1, -0.05) is 0 Å². The molecule has 1 aromatic rings. The van der Waals surface area contributed by atoms with Crippen LogP contribution in [0.2, 0.25) is 0 Å². The Hall–Kier alpha value is -0.100.